The molecule has 0 aromatic heterocycles. The van der Waals surface area contributed by atoms with Crippen molar-refractivity contribution in [3.63, 3.8) is 0 Å². The topological polar surface area (TPSA) is 57.5 Å². The molecule has 4 heteroatoms. The number of unbranched alkanes of at least 4 members (excludes halogenated alkanes) is 22. The van der Waals surface area contributed by atoms with Crippen LogP contribution in [0.1, 0.15) is 232 Å². The predicted molar refractivity (Wildman–Crippen MR) is 205 cm³/mol. The molecule has 1 unspecified atom stereocenters. The smallest absolute Gasteiger partial charge is 0.321 e. The monoisotopic (exact) mass is 663 g/mol. The summed E-state index contributed by atoms with van der Waals surface area (Å²) in [7, 11) is -4.37. The molecule has 1 atom stereocenters. The molecule has 0 spiro atoms. The van der Waals surface area contributed by atoms with Crippen molar-refractivity contribution < 1.29 is 14.4 Å². The van der Waals surface area contributed by atoms with Crippen molar-refractivity contribution in [2.75, 3.05) is 0 Å². The second-order valence-electron chi connectivity index (χ2n) is 14.8. The minimum Gasteiger partial charge on any atom is -0.321 e. The zero-order valence-electron chi connectivity index (χ0n) is 31.3. The van der Waals surface area contributed by atoms with Gasteiger partial charge in [-0.1, -0.05) is 213 Å². The molecule has 2 N–H and O–H groups in total. The lowest BCUT2D eigenvalue weighted by Crippen LogP contribution is -2.33. The van der Waals surface area contributed by atoms with Crippen molar-refractivity contribution >= 4 is 12.9 Å². The SMILES string of the molecule is CCCCCCCCCCCCC(c1ccccc1P(=O)(O)O)C(CCCCCC)(CCCCCCCC)CCCCCCCC. The molecular formula is C42H79O3P. The first-order valence-corrected chi connectivity index (χ1v) is 22.1. The van der Waals surface area contributed by atoms with Crippen LogP contribution in [0.15, 0.2) is 24.3 Å². The van der Waals surface area contributed by atoms with E-state index in [2.05, 4.69) is 33.8 Å². The molecule has 0 radical (unpaired) electrons. The average Bonchev–Trinajstić information content (AvgIpc) is 3.04. The minimum absolute atomic E-state index is 0.119. The van der Waals surface area contributed by atoms with Crippen LogP contribution < -0.4 is 5.30 Å². The molecule has 1 aromatic carbocycles. The quantitative estimate of drug-likeness (QED) is 0.0582. The van der Waals surface area contributed by atoms with Gasteiger partial charge in [0.05, 0.1) is 5.30 Å². The van der Waals surface area contributed by atoms with Crippen LogP contribution in [0, 0.1) is 5.41 Å². The normalized spacial score (nSPS) is 13.0. The summed E-state index contributed by atoms with van der Waals surface area (Å²) in [5, 5.41) is 0.302. The lowest BCUT2D eigenvalue weighted by atomic mass is 9.62. The first-order chi connectivity index (χ1) is 22.4. The van der Waals surface area contributed by atoms with Crippen LogP contribution in [-0.2, 0) is 4.57 Å². The molecule has 0 aliphatic heterocycles. The summed E-state index contributed by atoms with van der Waals surface area (Å²) in [6.07, 6.45) is 38.5. The third-order valence-corrected chi connectivity index (χ3v) is 11.8. The highest BCUT2D eigenvalue weighted by molar-refractivity contribution is 7.60. The van der Waals surface area contributed by atoms with Gasteiger partial charge in [0, 0.05) is 0 Å². The molecule has 0 aliphatic rings. The third kappa shape index (κ3) is 19.4. The van der Waals surface area contributed by atoms with Crippen molar-refractivity contribution in [3.05, 3.63) is 29.8 Å². The second-order valence-corrected chi connectivity index (χ2v) is 16.4. The van der Waals surface area contributed by atoms with Gasteiger partial charge >= 0.3 is 7.60 Å². The Kier molecular flexibility index (Phi) is 26.6. The highest BCUT2D eigenvalue weighted by Crippen LogP contribution is 2.52. The fourth-order valence-electron chi connectivity index (χ4n) is 7.99. The number of hydrogen-bond donors (Lipinski definition) is 2. The Morgan fingerprint density at radius 3 is 1.22 bits per heavy atom. The average molecular weight is 663 g/mol. The number of hydrogen-bond acceptors (Lipinski definition) is 1. The van der Waals surface area contributed by atoms with E-state index in [0.717, 1.165) is 12.0 Å². The van der Waals surface area contributed by atoms with Crippen molar-refractivity contribution in [1.82, 2.24) is 0 Å². The molecule has 0 heterocycles. The Labute approximate surface area is 288 Å². The maximum absolute atomic E-state index is 12.9. The van der Waals surface area contributed by atoms with Gasteiger partial charge in [0.25, 0.3) is 0 Å². The summed E-state index contributed by atoms with van der Waals surface area (Å²) in [5.41, 5.74) is 1.09. The molecule has 46 heavy (non-hydrogen) atoms. The van der Waals surface area contributed by atoms with E-state index in [4.69, 9.17) is 0 Å². The van der Waals surface area contributed by atoms with Gasteiger partial charge in [0.1, 0.15) is 0 Å². The van der Waals surface area contributed by atoms with Gasteiger partial charge in [0.2, 0.25) is 0 Å². The fourth-order valence-corrected chi connectivity index (χ4v) is 8.84. The molecule has 0 saturated carbocycles. The summed E-state index contributed by atoms with van der Waals surface area (Å²) >= 11 is 0. The number of benzene rings is 1. The van der Waals surface area contributed by atoms with Crippen molar-refractivity contribution in [3.8, 4) is 0 Å². The molecule has 1 aromatic rings. The van der Waals surface area contributed by atoms with Gasteiger partial charge in [-0.3, -0.25) is 4.57 Å². The van der Waals surface area contributed by atoms with Gasteiger partial charge < -0.3 is 9.79 Å². The fraction of sp³-hybridized carbons (Fsp3) is 0.857. The number of rotatable bonds is 33. The highest BCUT2D eigenvalue weighted by atomic mass is 31.2. The van der Waals surface area contributed by atoms with Crippen LogP contribution in [0.4, 0.5) is 0 Å². The Balaban J connectivity index is 3.29. The molecular weight excluding hydrogens is 583 g/mol. The Bertz CT molecular complexity index is 846. The summed E-state index contributed by atoms with van der Waals surface area (Å²) in [5.74, 6) is 0.221. The van der Waals surface area contributed by atoms with E-state index < -0.39 is 7.60 Å². The maximum atomic E-state index is 12.9. The largest absolute Gasteiger partial charge is 0.356 e. The summed E-state index contributed by atoms with van der Waals surface area (Å²) in [6, 6.07) is 7.70. The Morgan fingerprint density at radius 2 is 0.826 bits per heavy atom. The minimum atomic E-state index is -4.37. The molecule has 0 amide bonds. The second kappa shape index (κ2) is 28.2. The predicted octanol–water partition coefficient (Wildman–Crippen LogP) is 14.3. The van der Waals surface area contributed by atoms with Crippen LogP contribution in [-0.4, -0.2) is 9.79 Å². The lowest BCUT2D eigenvalue weighted by Gasteiger charge is -2.43. The molecule has 0 aliphatic carbocycles. The van der Waals surface area contributed by atoms with Gasteiger partial charge in [-0.05, 0) is 48.6 Å². The summed E-state index contributed by atoms with van der Waals surface area (Å²) < 4.78 is 12.9. The van der Waals surface area contributed by atoms with E-state index in [9.17, 15) is 14.4 Å². The van der Waals surface area contributed by atoms with Crippen LogP contribution >= 0.6 is 7.60 Å². The van der Waals surface area contributed by atoms with E-state index in [1.54, 1.807) is 6.07 Å². The van der Waals surface area contributed by atoms with E-state index in [1.165, 1.54) is 186 Å². The van der Waals surface area contributed by atoms with E-state index in [-0.39, 0.29) is 11.3 Å². The van der Waals surface area contributed by atoms with E-state index in [0.29, 0.717) is 5.30 Å². The van der Waals surface area contributed by atoms with Gasteiger partial charge in [-0.2, -0.15) is 0 Å². The first-order valence-electron chi connectivity index (χ1n) is 20.5. The summed E-state index contributed by atoms with van der Waals surface area (Å²) in [4.78, 5) is 21.2. The van der Waals surface area contributed by atoms with Crippen LogP contribution in [0.2, 0.25) is 0 Å². The Hall–Kier alpha value is -0.630. The van der Waals surface area contributed by atoms with Crippen molar-refractivity contribution in [2.45, 2.75) is 226 Å². The van der Waals surface area contributed by atoms with Crippen LogP contribution in [0.25, 0.3) is 0 Å². The molecule has 0 fully saturated rings. The molecule has 3 nitrogen and oxygen atoms in total. The zero-order valence-corrected chi connectivity index (χ0v) is 32.2. The van der Waals surface area contributed by atoms with Gasteiger partial charge in [0.15, 0.2) is 0 Å². The molecule has 1 rings (SSSR count). The molecule has 270 valence electrons. The van der Waals surface area contributed by atoms with E-state index >= 15 is 0 Å². The standard InChI is InChI=1S/C42H79O3P/c1-5-9-13-17-20-21-22-23-24-27-34-40(39-33-28-29-35-41(39)46(43,44)45)42(36-30-16-12-8-4,37-31-25-18-14-10-6-2)38-32-26-19-15-11-7-3/h28-29,33,35,40H,5-27,30-32,34,36-38H2,1-4H3,(H2,43,44,45). The highest BCUT2D eigenvalue weighted by Gasteiger charge is 2.40. The summed E-state index contributed by atoms with van der Waals surface area (Å²) in [6.45, 7) is 9.16. The van der Waals surface area contributed by atoms with Crippen LogP contribution in [0.3, 0.4) is 0 Å². The molecule has 0 saturated heterocycles. The maximum Gasteiger partial charge on any atom is 0.356 e. The van der Waals surface area contributed by atoms with Crippen molar-refractivity contribution in [2.24, 2.45) is 5.41 Å². The van der Waals surface area contributed by atoms with E-state index in [1.807, 2.05) is 12.1 Å². The van der Waals surface area contributed by atoms with Gasteiger partial charge in [-0.15, -0.1) is 0 Å². The third-order valence-electron chi connectivity index (χ3n) is 10.8. The first kappa shape index (κ1) is 43.4. The van der Waals surface area contributed by atoms with Crippen LogP contribution in [0.5, 0.6) is 0 Å². The zero-order chi connectivity index (χ0) is 33.8. The van der Waals surface area contributed by atoms with Gasteiger partial charge in [-0.25, -0.2) is 0 Å². The lowest BCUT2D eigenvalue weighted by molar-refractivity contribution is 0.139. The molecule has 0 bridgehead atoms. The van der Waals surface area contributed by atoms with Crippen molar-refractivity contribution in [1.29, 1.82) is 0 Å². The Morgan fingerprint density at radius 1 is 0.500 bits per heavy atom.